The molecule has 18 heavy (non-hydrogen) atoms. The van der Waals surface area contributed by atoms with Crippen LogP contribution in [0.4, 0.5) is 0 Å². The number of hydrogen-bond acceptors (Lipinski definition) is 4. The minimum atomic E-state index is -1.93. The Morgan fingerprint density at radius 2 is 1.94 bits per heavy atom. The molecule has 1 aromatic rings. The summed E-state index contributed by atoms with van der Waals surface area (Å²) >= 11 is 0. The lowest BCUT2D eigenvalue weighted by molar-refractivity contribution is -0.160. The van der Waals surface area contributed by atoms with Crippen molar-refractivity contribution in [3.05, 3.63) is 48.0 Å². The van der Waals surface area contributed by atoms with Gasteiger partial charge in [0.1, 0.15) is 0 Å². The molecule has 0 aliphatic carbocycles. The lowest BCUT2D eigenvalue weighted by Gasteiger charge is -2.22. The molecule has 1 aromatic carbocycles. The van der Waals surface area contributed by atoms with Crippen LogP contribution in [0, 0.1) is 0 Å². The molecule has 0 saturated carbocycles. The first kappa shape index (κ1) is 14.1. The first-order valence-corrected chi connectivity index (χ1v) is 5.65. The van der Waals surface area contributed by atoms with E-state index in [4.69, 9.17) is 4.74 Å². The third kappa shape index (κ3) is 3.28. The Bertz CT molecular complexity index is 450. The van der Waals surface area contributed by atoms with Gasteiger partial charge < -0.3 is 9.84 Å². The monoisotopic (exact) mass is 248 g/mol. The average molecular weight is 248 g/mol. The lowest BCUT2D eigenvalue weighted by atomic mass is 9.93. The van der Waals surface area contributed by atoms with Gasteiger partial charge in [0.15, 0.2) is 5.78 Å². The maximum absolute atomic E-state index is 11.8. The number of carbonyl (C=O) groups is 2. The van der Waals surface area contributed by atoms with Gasteiger partial charge in [-0.1, -0.05) is 30.3 Å². The molecule has 0 aliphatic heterocycles. The highest BCUT2D eigenvalue weighted by Crippen LogP contribution is 2.24. The van der Waals surface area contributed by atoms with Crippen LogP contribution < -0.4 is 0 Å². The first-order chi connectivity index (χ1) is 8.50. The van der Waals surface area contributed by atoms with Crippen molar-refractivity contribution < 1.29 is 19.4 Å². The molecule has 0 radical (unpaired) electrons. The van der Waals surface area contributed by atoms with Gasteiger partial charge in [0.05, 0.1) is 6.61 Å². The molecule has 0 amide bonds. The summed E-state index contributed by atoms with van der Waals surface area (Å²) in [5.74, 6) is -1.05. The second-order valence-electron chi connectivity index (χ2n) is 3.80. The molecule has 4 heteroatoms. The Morgan fingerprint density at radius 3 is 2.44 bits per heavy atom. The summed E-state index contributed by atoms with van der Waals surface area (Å²) in [7, 11) is 0. The molecule has 4 nitrogen and oxygen atoms in total. The zero-order chi connectivity index (χ0) is 13.6. The topological polar surface area (TPSA) is 63.6 Å². The summed E-state index contributed by atoms with van der Waals surface area (Å²) in [6.45, 7) is 3.15. The molecule has 1 rings (SSSR count). The van der Waals surface area contributed by atoms with Crippen molar-refractivity contribution in [3.8, 4) is 0 Å². The molecule has 1 atom stereocenters. The van der Waals surface area contributed by atoms with Crippen LogP contribution in [-0.2, 0) is 19.9 Å². The Balaban J connectivity index is 3.17. The maximum Gasteiger partial charge on any atom is 0.347 e. The molecule has 0 saturated heterocycles. The van der Waals surface area contributed by atoms with Crippen molar-refractivity contribution >= 4 is 11.8 Å². The SMILES string of the molecule is CCOC(=O)[C@](O)(/C=C/C(C)=O)c1ccccc1. The molecular weight excluding hydrogens is 232 g/mol. The second kappa shape index (κ2) is 6.12. The number of rotatable bonds is 5. The fourth-order valence-corrected chi connectivity index (χ4v) is 1.45. The molecule has 1 N–H and O–H groups in total. The van der Waals surface area contributed by atoms with Crippen LogP contribution in [0.5, 0.6) is 0 Å². The summed E-state index contributed by atoms with van der Waals surface area (Å²) in [5, 5.41) is 10.4. The van der Waals surface area contributed by atoms with Gasteiger partial charge in [0.2, 0.25) is 5.60 Å². The lowest BCUT2D eigenvalue weighted by Crippen LogP contribution is -2.35. The van der Waals surface area contributed by atoms with Gasteiger partial charge in [-0.05, 0) is 31.6 Å². The van der Waals surface area contributed by atoms with Crippen LogP contribution in [0.3, 0.4) is 0 Å². The van der Waals surface area contributed by atoms with Crippen molar-refractivity contribution in [2.24, 2.45) is 0 Å². The molecule has 0 bridgehead atoms. The van der Waals surface area contributed by atoms with Crippen molar-refractivity contribution in [2.75, 3.05) is 6.61 Å². The van der Waals surface area contributed by atoms with Gasteiger partial charge in [-0.15, -0.1) is 0 Å². The number of ketones is 1. The summed E-state index contributed by atoms with van der Waals surface area (Å²) in [5.41, 5.74) is -1.57. The first-order valence-electron chi connectivity index (χ1n) is 5.65. The molecule has 0 aliphatic rings. The van der Waals surface area contributed by atoms with Crippen LogP contribution in [0.1, 0.15) is 19.4 Å². The maximum atomic E-state index is 11.8. The highest BCUT2D eigenvalue weighted by molar-refractivity contribution is 5.90. The van der Waals surface area contributed by atoms with Gasteiger partial charge in [-0.3, -0.25) is 4.79 Å². The van der Waals surface area contributed by atoms with Crippen LogP contribution in [0.2, 0.25) is 0 Å². The third-order valence-electron chi connectivity index (χ3n) is 2.36. The third-order valence-corrected chi connectivity index (χ3v) is 2.36. The smallest absolute Gasteiger partial charge is 0.347 e. The molecule has 0 spiro atoms. The van der Waals surface area contributed by atoms with Gasteiger partial charge >= 0.3 is 5.97 Å². The Kier molecular flexibility index (Phi) is 4.80. The molecule has 96 valence electrons. The Hall–Kier alpha value is -1.94. The Morgan fingerprint density at radius 1 is 1.33 bits per heavy atom. The van der Waals surface area contributed by atoms with E-state index in [0.717, 1.165) is 12.2 Å². The van der Waals surface area contributed by atoms with Crippen LogP contribution in [0.15, 0.2) is 42.5 Å². The minimum absolute atomic E-state index is 0.155. The van der Waals surface area contributed by atoms with Gasteiger partial charge in [-0.25, -0.2) is 4.79 Å². The second-order valence-corrected chi connectivity index (χ2v) is 3.80. The summed E-state index contributed by atoms with van der Waals surface area (Å²) < 4.78 is 4.84. The van der Waals surface area contributed by atoms with E-state index in [1.54, 1.807) is 37.3 Å². The number of benzene rings is 1. The van der Waals surface area contributed by atoms with Crippen molar-refractivity contribution in [1.29, 1.82) is 0 Å². The van der Waals surface area contributed by atoms with Gasteiger partial charge in [-0.2, -0.15) is 0 Å². The predicted molar refractivity (Wildman–Crippen MR) is 66.8 cm³/mol. The molecular formula is C14H16O4. The van der Waals surface area contributed by atoms with E-state index < -0.39 is 11.6 Å². The van der Waals surface area contributed by atoms with E-state index in [0.29, 0.717) is 5.56 Å². The number of aliphatic hydroxyl groups is 1. The van der Waals surface area contributed by atoms with E-state index in [1.165, 1.54) is 6.92 Å². The van der Waals surface area contributed by atoms with Crippen molar-refractivity contribution in [2.45, 2.75) is 19.4 Å². The molecule has 0 aromatic heterocycles. The largest absolute Gasteiger partial charge is 0.463 e. The van der Waals surface area contributed by atoms with Crippen LogP contribution >= 0.6 is 0 Å². The number of carbonyl (C=O) groups excluding carboxylic acids is 2. The number of esters is 1. The van der Waals surface area contributed by atoms with E-state index in [9.17, 15) is 14.7 Å². The fourth-order valence-electron chi connectivity index (χ4n) is 1.45. The van der Waals surface area contributed by atoms with E-state index in [2.05, 4.69) is 0 Å². The predicted octanol–water partition coefficient (Wildman–Crippen LogP) is 1.58. The van der Waals surface area contributed by atoms with Crippen molar-refractivity contribution in [1.82, 2.24) is 0 Å². The fraction of sp³-hybridized carbons (Fsp3) is 0.286. The quantitative estimate of drug-likeness (QED) is 0.634. The van der Waals surface area contributed by atoms with Crippen molar-refractivity contribution in [3.63, 3.8) is 0 Å². The summed E-state index contributed by atoms with van der Waals surface area (Å²) in [6, 6.07) is 8.36. The molecule has 0 unspecified atom stereocenters. The van der Waals surface area contributed by atoms with Gasteiger partial charge in [0.25, 0.3) is 0 Å². The number of allylic oxidation sites excluding steroid dienone is 1. The van der Waals surface area contributed by atoms with Gasteiger partial charge in [0, 0.05) is 0 Å². The minimum Gasteiger partial charge on any atom is -0.463 e. The normalized spacial score (nSPS) is 14.2. The highest BCUT2D eigenvalue weighted by atomic mass is 16.5. The van der Waals surface area contributed by atoms with Crippen LogP contribution in [-0.4, -0.2) is 23.5 Å². The summed E-state index contributed by atoms with van der Waals surface area (Å²) in [6.07, 6.45) is 2.31. The zero-order valence-electron chi connectivity index (χ0n) is 10.4. The Labute approximate surface area is 106 Å². The van der Waals surface area contributed by atoms with Crippen LogP contribution in [0.25, 0.3) is 0 Å². The van der Waals surface area contributed by atoms with E-state index in [-0.39, 0.29) is 12.4 Å². The van der Waals surface area contributed by atoms with E-state index >= 15 is 0 Å². The highest BCUT2D eigenvalue weighted by Gasteiger charge is 2.36. The summed E-state index contributed by atoms with van der Waals surface area (Å²) in [4.78, 5) is 22.8. The number of hydrogen-bond donors (Lipinski definition) is 1. The average Bonchev–Trinajstić information content (AvgIpc) is 2.37. The van der Waals surface area contributed by atoms with E-state index in [1.807, 2.05) is 0 Å². The standard InChI is InChI=1S/C14H16O4/c1-3-18-13(16)14(17,10-9-11(2)15)12-7-5-4-6-8-12/h4-10,17H,3H2,1-2H3/b10-9+/t14-/m0/s1. The molecule has 0 heterocycles. The number of ether oxygens (including phenoxy) is 1. The zero-order valence-corrected chi connectivity index (χ0v) is 10.4. The molecule has 0 fully saturated rings.